The fraction of sp³-hybridized carbons (Fsp3) is 0.773. The van der Waals surface area contributed by atoms with Gasteiger partial charge < -0.3 is 9.84 Å². The lowest BCUT2D eigenvalue weighted by Gasteiger charge is -2.58. The van der Waals surface area contributed by atoms with E-state index in [-0.39, 0.29) is 22.9 Å². The van der Waals surface area contributed by atoms with Crippen LogP contribution >= 0.6 is 0 Å². The minimum Gasteiger partial charge on any atom is -0.462 e. The lowest BCUT2D eigenvalue weighted by atomic mass is 9.47. The smallest absolute Gasteiger partial charge is 0.302 e. The summed E-state index contributed by atoms with van der Waals surface area (Å²) in [5.41, 5.74) is 3.04. The molecule has 2 rings (SSSR count). The van der Waals surface area contributed by atoms with Crippen molar-refractivity contribution < 1.29 is 14.6 Å². The molecule has 1 saturated carbocycles. The summed E-state index contributed by atoms with van der Waals surface area (Å²) in [5, 5.41) is 10.5. The van der Waals surface area contributed by atoms with Gasteiger partial charge in [0.25, 0.3) is 0 Å². The molecule has 0 spiro atoms. The van der Waals surface area contributed by atoms with Crippen LogP contribution in [0.5, 0.6) is 0 Å². The van der Waals surface area contributed by atoms with Crippen molar-refractivity contribution in [1.29, 1.82) is 0 Å². The molecular weight excluding hydrogens is 312 g/mol. The van der Waals surface area contributed by atoms with Gasteiger partial charge in [-0.1, -0.05) is 38.0 Å². The van der Waals surface area contributed by atoms with Crippen LogP contribution in [0.1, 0.15) is 73.6 Å². The van der Waals surface area contributed by atoms with Gasteiger partial charge in [0.2, 0.25) is 0 Å². The van der Waals surface area contributed by atoms with E-state index in [0.717, 1.165) is 32.1 Å². The highest BCUT2D eigenvalue weighted by molar-refractivity contribution is 5.66. The Balaban J connectivity index is 2.10. The van der Waals surface area contributed by atoms with Gasteiger partial charge in [0.05, 0.1) is 6.10 Å². The summed E-state index contributed by atoms with van der Waals surface area (Å²) in [6.07, 6.45) is 9.51. The number of hydrogen-bond acceptors (Lipinski definition) is 3. The van der Waals surface area contributed by atoms with Gasteiger partial charge in [-0.3, -0.25) is 4.79 Å². The minimum absolute atomic E-state index is 0.0251. The Kier molecular flexibility index (Phi) is 6.19. The fourth-order valence-electron chi connectivity index (χ4n) is 5.36. The molecule has 25 heavy (non-hydrogen) atoms. The maximum absolute atomic E-state index is 10.9. The van der Waals surface area contributed by atoms with Crippen molar-refractivity contribution in [3.63, 3.8) is 0 Å². The van der Waals surface area contributed by atoms with Crippen LogP contribution in [0.25, 0.3) is 0 Å². The molecule has 142 valence electrons. The highest BCUT2D eigenvalue weighted by atomic mass is 16.5. The molecule has 4 atom stereocenters. The normalized spacial score (nSPS) is 34.9. The van der Waals surface area contributed by atoms with Crippen molar-refractivity contribution in [2.24, 2.45) is 22.7 Å². The number of carbonyl (C=O) groups excluding carboxylic acids is 1. The van der Waals surface area contributed by atoms with Gasteiger partial charge in [-0.2, -0.15) is 0 Å². The maximum Gasteiger partial charge on any atom is 0.302 e. The second-order valence-electron chi connectivity index (χ2n) is 9.06. The first-order valence-corrected chi connectivity index (χ1v) is 9.72. The average Bonchev–Trinajstić information content (AvgIpc) is 2.50. The zero-order chi connectivity index (χ0) is 18.8. The number of carbonyl (C=O) groups is 1. The number of allylic oxidation sites excluding steroid dienone is 3. The van der Waals surface area contributed by atoms with E-state index in [4.69, 9.17) is 4.74 Å². The first kappa shape index (κ1) is 20.2. The highest BCUT2D eigenvalue weighted by Gasteiger charge is 2.54. The molecular formula is C22H36O3. The van der Waals surface area contributed by atoms with E-state index in [0.29, 0.717) is 18.4 Å². The molecule has 0 aromatic rings. The second kappa shape index (κ2) is 7.65. The Morgan fingerprint density at radius 2 is 2.04 bits per heavy atom. The monoisotopic (exact) mass is 348 g/mol. The van der Waals surface area contributed by atoms with Gasteiger partial charge in [-0.25, -0.2) is 0 Å². The number of ether oxygens (including phenoxy) is 1. The van der Waals surface area contributed by atoms with Crippen LogP contribution in [-0.4, -0.2) is 23.8 Å². The quantitative estimate of drug-likeness (QED) is 0.559. The topological polar surface area (TPSA) is 46.5 Å². The van der Waals surface area contributed by atoms with Gasteiger partial charge in [-0.05, 0) is 74.7 Å². The molecule has 3 heteroatoms. The van der Waals surface area contributed by atoms with Gasteiger partial charge in [-0.15, -0.1) is 0 Å². The van der Waals surface area contributed by atoms with Crippen LogP contribution in [-0.2, 0) is 9.53 Å². The van der Waals surface area contributed by atoms with E-state index in [1.807, 2.05) is 6.08 Å². The molecule has 0 bridgehead atoms. The Labute approximate surface area is 153 Å². The average molecular weight is 349 g/mol. The van der Waals surface area contributed by atoms with E-state index < -0.39 is 0 Å². The third-order valence-corrected chi connectivity index (χ3v) is 7.08. The van der Waals surface area contributed by atoms with E-state index in [9.17, 15) is 9.90 Å². The number of fused-ring (bicyclic) bond motifs is 1. The Morgan fingerprint density at radius 3 is 2.68 bits per heavy atom. The molecule has 1 N–H and O–H groups in total. The summed E-state index contributed by atoms with van der Waals surface area (Å²) < 4.78 is 5.02. The summed E-state index contributed by atoms with van der Waals surface area (Å²) in [4.78, 5) is 10.9. The Bertz CT molecular complexity index is 558. The summed E-state index contributed by atoms with van der Waals surface area (Å²) in [7, 11) is 0. The third-order valence-electron chi connectivity index (χ3n) is 7.08. The first-order valence-electron chi connectivity index (χ1n) is 9.72. The predicted molar refractivity (Wildman–Crippen MR) is 102 cm³/mol. The van der Waals surface area contributed by atoms with Crippen molar-refractivity contribution >= 4 is 5.97 Å². The largest absolute Gasteiger partial charge is 0.462 e. The summed E-state index contributed by atoms with van der Waals surface area (Å²) in [6.45, 7) is 13.2. The molecule has 0 aliphatic heterocycles. The third kappa shape index (κ3) is 4.19. The highest BCUT2D eigenvalue weighted by Crippen LogP contribution is 2.60. The van der Waals surface area contributed by atoms with Crippen molar-refractivity contribution in [2.45, 2.75) is 79.8 Å². The molecule has 0 unspecified atom stereocenters. The fourth-order valence-corrected chi connectivity index (χ4v) is 5.36. The van der Waals surface area contributed by atoms with Crippen molar-refractivity contribution in [1.82, 2.24) is 0 Å². The number of hydrogen-bond donors (Lipinski definition) is 1. The molecule has 1 fully saturated rings. The molecule has 0 heterocycles. The van der Waals surface area contributed by atoms with Crippen molar-refractivity contribution in [2.75, 3.05) is 6.61 Å². The molecule has 2 aliphatic carbocycles. The Hall–Kier alpha value is -1.09. The van der Waals surface area contributed by atoms with Gasteiger partial charge in [0, 0.05) is 6.92 Å². The molecule has 2 aliphatic rings. The number of esters is 1. The van der Waals surface area contributed by atoms with Gasteiger partial charge in [0.15, 0.2) is 0 Å². The minimum atomic E-state index is -0.228. The SMILES string of the molecule is CC(=O)OC/C=C(\C)CC[C@@H]1C(C)=CC[C@@H]2C(C)(C)[C@@H](O)CC[C@@]12C. The summed E-state index contributed by atoms with van der Waals surface area (Å²) >= 11 is 0. The van der Waals surface area contributed by atoms with E-state index >= 15 is 0 Å². The van der Waals surface area contributed by atoms with Crippen LogP contribution in [0.3, 0.4) is 0 Å². The number of rotatable bonds is 5. The lowest BCUT2D eigenvalue weighted by Crippen LogP contribution is -2.54. The molecule has 0 saturated heterocycles. The molecule has 0 radical (unpaired) electrons. The van der Waals surface area contributed by atoms with E-state index in [1.165, 1.54) is 18.1 Å². The Morgan fingerprint density at radius 1 is 1.36 bits per heavy atom. The van der Waals surface area contributed by atoms with E-state index in [2.05, 4.69) is 40.7 Å². The second-order valence-corrected chi connectivity index (χ2v) is 9.06. The van der Waals surface area contributed by atoms with Crippen molar-refractivity contribution in [3.8, 4) is 0 Å². The van der Waals surface area contributed by atoms with Crippen molar-refractivity contribution in [3.05, 3.63) is 23.3 Å². The lowest BCUT2D eigenvalue weighted by molar-refractivity contribution is -0.139. The molecule has 0 amide bonds. The van der Waals surface area contributed by atoms with Crippen LogP contribution in [0.4, 0.5) is 0 Å². The number of aliphatic hydroxyl groups excluding tert-OH is 1. The van der Waals surface area contributed by atoms with E-state index in [1.54, 1.807) is 0 Å². The summed E-state index contributed by atoms with van der Waals surface area (Å²) in [5.74, 6) is 0.867. The number of aliphatic hydroxyl groups is 1. The first-order chi connectivity index (χ1) is 11.6. The molecule has 3 nitrogen and oxygen atoms in total. The van der Waals surface area contributed by atoms with Gasteiger partial charge >= 0.3 is 5.97 Å². The van der Waals surface area contributed by atoms with Gasteiger partial charge in [0.1, 0.15) is 6.61 Å². The summed E-state index contributed by atoms with van der Waals surface area (Å²) in [6, 6.07) is 0. The molecule has 0 aromatic carbocycles. The predicted octanol–water partition coefficient (Wildman–Crippen LogP) is 5.05. The van der Waals surface area contributed by atoms with Crippen LogP contribution in [0, 0.1) is 22.7 Å². The zero-order valence-corrected chi connectivity index (χ0v) is 16.9. The van der Waals surface area contributed by atoms with Crippen LogP contribution < -0.4 is 0 Å². The zero-order valence-electron chi connectivity index (χ0n) is 16.9. The van der Waals surface area contributed by atoms with Crippen LogP contribution in [0.2, 0.25) is 0 Å². The molecule has 0 aromatic heterocycles. The van der Waals surface area contributed by atoms with Crippen LogP contribution in [0.15, 0.2) is 23.3 Å². The standard InChI is InChI=1S/C22H36O3/c1-15(12-14-25-17(3)23)7-9-18-16(2)8-10-19-21(4,5)20(24)11-13-22(18,19)6/h8,12,18-20,24H,7,9-11,13-14H2,1-6H3/b15-12+/t18-,19-,20+,22+/m1/s1. The maximum atomic E-state index is 10.9.